The Hall–Kier alpha value is 0.360. The van der Waals surface area contributed by atoms with Gasteiger partial charge in [0.1, 0.15) is 29.1 Å². The van der Waals surface area contributed by atoms with Crippen molar-refractivity contribution in [2.45, 2.75) is 54.6 Å². The Morgan fingerprint density at radius 2 is 1.53 bits per heavy atom. The van der Waals surface area contributed by atoms with Gasteiger partial charge in [0.15, 0.2) is 5.78 Å². The fourth-order valence-corrected chi connectivity index (χ4v) is 2.09. The quantitative estimate of drug-likeness (QED) is 0.730. The van der Waals surface area contributed by atoms with Crippen molar-refractivity contribution in [3.8, 4) is 0 Å². The summed E-state index contributed by atoms with van der Waals surface area (Å²) >= 11 is 1.84. The molecular weight excluding hydrogens is 303 g/mol. The number of ketones is 1. The predicted octanol–water partition coefficient (Wildman–Crippen LogP) is 4.02. The van der Waals surface area contributed by atoms with Gasteiger partial charge in [0.05, 0.1) is 0 Å². The van der Waals surface area contributed by atoms with Gasteiger partial charge >= 0.3 is 0 Å². The van der Waals surface area contributed by atoms with Crippen molar-refractivity contribution >= 4 is 28.8 Å². The maximum atomic E-state index is 12.0. The third-order valence-electron chi connectivity index (χ3n) is 3.51. The van der Waals surface area contributed by atoms with E-state index in [4.69, 9.17) is 3.07 Å². The smallest absolute Gasteiger partial charge is 0.165 e. The van der Waals surface area contributed by atoms with Gasteiger partial charge in [0.2, 0.25) is 0 Å². The molecule has 0 rings (SSSR count). The highest BCUT2D eigenvalue weighted by molar-refractivity contribution is 14.1. The lowest BCUT2D eigenvalue weighted by atomic mass is 9.64. The van der Waals surface area contributed by atoms with Crippen LogP contribution in [0.25, 0.3) is 0 Å². The van der Waals surface area contributed by atoms with E-state index in [9.17, 15) is 4.79 Å². The summed E-state index contributed by atoms with van der Waals surface area (Å²) in [5.74, 6) is 0.204. The molecule has 1 unspecified atom stereocenters. The molecule has 0 fully saturated rings. The van der Waals surface area contributed by atoms with E-state index in [2.05, 4.69) is 34.6 Å². The first-order chi connectivity index (χ1) is 6.55. The van der Waals surface area contributed by atoms with Crippen molar-refractivity contribution in [3.63, 3.8) is 0 Å². The zero-order valence-corrected chi connectivity index (χ0v) is 13.0. The molecule has 0 aliphatic heterocycles. The summed E-state index contributed by atoms with van der Waals surface area (Å²) in [6, 6.07) is 0. The Kier molecular flexibility index (Phi) is 5.25. The van der Waals surface area contributed by atoms with E-state index in [-0.39, 0.29) is 28.6 Å². The molecule has 0 bridgehead atoms. The second-order valence-electron chi connectivity index (χ2n) is 6.00. The van der Waals surface area contributed by atoms with Crippen LogP contribution < -0.4 is 0 Å². The maximum absolute atomic E-state index is 12.0. The van der Waals surface area contributed by atoms with Gasteiger partial charge in [-0.15, -0.1) is 0 Å². The predicted molar refractivity (Wildman–Crippen MR) is 72.0 cm³/mol. The molecule has 0 saturated carbocycles. The molecule has 0 amide bonds. The van der Waals surface area contributed by atoms with Crippen molar-refractivity contribution in [2.75, 3.05) is 0 Å². The number of carbonyl (C=O) groups excluding carboxylic acids is 1. The number of halogens is 1. The molecule has 0 aromatic heterocycles. The van der Waals surface area contributed by atoms with Gasteiger partial charge in [-0.05, 0) is 5.41 Å². The van der Waals surface area contributed by atoms with Gasteiger partial charge in [-0.1, -0.05) is 48.5 Å². The third-order valence-corrected chi connectivity index (χ3v) is 4.01. The van der Waals surface area contributed by atoms with Crippen LogP contribution in [-0.2, 0) is 7.86 Å². The third kappa shape index (κ3) is 3.41. The minimum Gasteiger partial charge on any atom is -0.304 e. The standard InChI is InChI=1S/C12H23IO2/c1-8(2)9(14)10(15-13)12(6,7)11(3,4)5/h8,10H,1-7H3. The van der Waals surface area contributed by atoms with E-state index < -0.39 is 0 Å². The van der Waals surface area contributed by atoms with Gasteiger partial charge in [-0.25, -0.2) is 0 Å². The van der Waals surface area contributed by atoms with Crippen LogP contribution in [-0.4, -0.2) is 11.9 Å². The summed E-state index contributed by atoms with van der Waals surface area (Å²) in [5, 5.41) is 0. The molecular formula is C12H23IO2. The molecule has 0 aromatic rings. The van der Waals surface area contributed by atoms with Gasteiger partial charge < -0.3 is 3.07 Å². The highest BCUT2D eigenvalue weighted by Gasteiger charge is 2.44. The minimum atomic E-state index is -0.335. The molecule has 1 atom stereocenters. The monoisotopic (exact) mass is 326 g/mol. The van der Waals surface area contributed by atoms with Crippen LogP contribution >= 0.6 is 23.0 Å². The molecule has 15 heavy (non-hydrogen) atoms. The Labute approximate surface area is 108 Å². The number of hydrogen-bond donors (Lipinski definition) is 0. The van der Waals surface area contributed by atoms with Crippen molar-refractivity contribution in [2.24, 2.45) is 16.7 Å². The molecule has 3 heteroatoms. The molecule has 0 aromatic carbocycles. The molecule has 0 aliphatic rings. The summed E-state index contributed by atoms with van der Waals surface area (Å²) in [5.41, 5.74) is -0.136. The van der Waals surface area contributed by atoms with Crippen LogP contribution in [0, 0.1) is 16.7 Å². The summed E-state index contributed by atoms with van der Waals surface area (Å²) in [6.45, 7) is 14.5. The Balaban J connectivity index is 5.06. The zero-order chi connectivity index (χ0) is 12.4. The second kappa shape index (κ2) is 5.13. The van der Waals surface area contributed by atoms with Crippen LogP contribution in [0.5, 0.6) is 0 Å². The van der Waals surface area contributed by atoms with E-state index in [1.54, 1.807) is 0 Å². The van der Waals surface area contributed by atoms with E-state index >= 15 is 0 Å². The molecule has 0 saturated heterocycles. The lowest BCUT2D eigenvalue weighted by molar-refractivity contribution is -0.136. The molecule has 0 aliphatic carbocycles. The van der Waals surface area contributed by atoms with Crippen molar-refractivity contribution < 1.29 is 7.86 Å². The van der Waals surface area contributed by atoms with Crippen LogP contribution in [0.4, 0.5) is 0 Å². The minimum absolute atomic E-state index is 0.0198. The molecule has 0 heterocycles. The lowest BCUT2D eigenvalue weighted by Gasteiger charge is -2.43. The first-order valence-electron chi connectivity index (χ1n) is 5.36. The van der Waals surface area contributed by atoms with Gasteiger partial charge in [0, 0.05) is 11.3 Å². The first kappa shape index (κ1) is 15.4. The average molecular weight is 326 g/mol. The largest absolute Gasteiger partial charge is 0.304 e. The number of Topliss-reactive ketones (excluding diaryl/α,β-unsaturated/α-hetero) is 1. The maximum Gasteiger partial charge on any atom is 0.165 e. The van der Waals surface area contributed by atoms with Gasteiger partial charge in [0.25, 0.3) is 0 Å². The Bertz CT molecular complexity index is 226. The fraction of sp³-hybridized carbons (Fsp3) is 0.917. The number of carbonyl (C=O) groups is 1. The van der Waals surface area contributed by atoms with E-state index in [0.29, 0.717) is 0 Å². The first-order valence-corrected chi connectivity index (χ1v) is 6.25. The van der Waals surface area contributed by atoms with Crippen molar-refractivity contribution in [1.29, 1.82) is 0 Å². The van der Waals surface area contributed by atoms with Crippen LogP contribution in [0.1, 0.15) is 48.5 Å². The molecule has 0 N–H and O–H groups in total. The zero-order valence-electron chi connectivity index (χ0n) is 10.8. The van der Waals surface area contributed by atoms with Gasteiger partial charge in [-0.2, -0.15) is 0 Å². The molecule has 2 nitrogen and oxygen atoms in total. The van der Waals surface area contributed by atoms with Crippen LogP contribution in [0.3, 0.4) is 0 Å². The average Bonchev–Trinajstić information content (AvgIpc) is 2.02. The van der Waals surface area contributed by atoms with Gasteiger partial charge in [-0.3, -0.25) is 4.79 Å². The normalized spacial score (nSPS) is 15.5. The molecule has 0 radical (unpaired) electrons. The van der Waals surface area contributed by atoms with Crippen LogP contribution in [0.15, 0.2) is 0 Å². The van der Waals surface area contributed by atoms with E-state index in [1.165, 1.54) is 0 Å². The lowest BCUT2D eigenvalue weighted by Crippen LogP contribution is -2.47. The van der Waals surface area contributed by atoms with Crippen LogP contribution in [0.2, 0.25) is 0 Å². The SMILES string of the molecule is CC(C)C(=O)C(OI)C(C)(C)C(C)(C)C. The summed E-state index contributed by atoms with van der Waals surface area (Å²) < 4.78 is 5.39. The summed E-state index contributed by atoms with van der Waals surface area (Å²) in [6.07, 6.45) is -0.335. The summed E-state index contributed by atoms with van der Waals surface area (Å²) in [4.78, 5) is 12.0. The van der Waals surface area contributed by atoms with Crippen molar-refractivity contribution in [3.05, 3.63) is 0 Å². The molecule has 0 spiro atoms. The second-order valence-corrected chi connectivity index (χ2v) is 6.51. The Morgan fingerprint density at radius 1 is 1.13 bits per heavy atom. The fourth-order valence-electron chi connectivity index (χ4n) is 1.21. The van der Waals surface area contributed by atoms with E-state index in [1.807, 2.05) is 36.9 Å². The number of rotatable bonds is 4. The molecule has 90 valence electrons. The number of hydrogen-bond acceptors (Lipinski definition) is 2. The van der Waals surface area contributed by atoms with Crippen molar-refractivity contribution in [1.82, 2.24) is 0 Å². The van der Waals surface area contributed by atoms with E-state index in [0.717, 1.165) is 0 Å². The topological polar surface area (TPSA) is 26.3 Å². The Morgan fingerprint density at radius 3 is 1.73 bits per heavy atom. The summed E-state index contributed by atoms with van der Waals surface area (Å²) in [7, 11) is 0. The highest BCUT2D eigenvalue weighted by atomic mass is 127. The highest BCUT2D eigenvalue weighted by Crippen LogP contribution is 2.43.